The van der Waals surface area contributed by atoms with Gasteiger partial charge in [-0.3, -0.25) is 9.59 Å². The molecule has 0 aliphatic heterocycles. The van der Waals surface area contributed by atoms with Crippen molar-refractivity contribution < 1.29 is 13.6 Å². The summed E-state index contributed by atoms with van der Waals surface area (Å²) in [4.78, 5) is 30.9. The van der Waals surface area contributed by atoms with Crippen LogP contribution >= 0.6 is 0 Å². The first-order valence-corrected chi connectivity index (χ1v) is 7.93. The van der Waals surface area contributed by atoms with E-state index in [1.165, 1.54) is 6.07 Å². The molecule has 1 amide bonds. The number of benzene rings is 2. The summed E-state index contributed by atoms with van der Waals surface area (Å²) < 4.78 is 26.7. The zero-order valence-electron chi connectivity index (χ0n) is 13.8. The highest BCUT2D eigenvalue weighted by molar-refractivity contribution is 6.04. The Kier molecular flexibility index (Phi) is 4.88. The quantitative estimate of drug-likeness (QED) is 0.752. The van der Waals surface area contributed by atoms with E-state index in [4.69, 9.17) is 0 Å². The predicted molar refractivity (Wildman–Crippen MR) is 94.0 cm³/mol. The van der Waals surface area contributed by atoms with Crippen LogP contribution in [0.3, 0.4) is 0 Å². The number of rotatable bonds is 4. The highest BCUT2D eigenvalue weighted by atomic mass is 19.1. The molecule has 1 heterocycles. The number of hydrogen-bond donors (Lipinski definition) is 2. The number of hydrogen-bond acceptors (Lipinski definition) is 3. The SMILES string of the molecule is CCc1cc(=O)[nH]c(-c2cccc(NC(=O)c3ccc(F)cc3F)c2)n1. The topological polar surface area (TPSA) is 74.8 Å². The van der Waals surface area contributed by atoms with Crippen LogP contribution < -0.4 is 10.9 Å². The van der Waals surface area contributed by atoms with Gasteiger partial charge < -0.3 is 10.3 Å². The second-order valence-corrected chi connectivity index (χ2v) is 5.60. The van der Waals surface area contributed by atoms with E-state index in [0.717, 1.165) is 12.1 Å². The molecule has 0 aliphatic carbocycles. The van der Waals surface area contributed by atoms with Gasteiger partial charge in [0.25, 0.3) is 11.5 Å². The number of aryl methyl sites for hydroxylation is 1. The number of amides is 1. The fourth-order valence-electron chi connectivity index (χ4n) is 2.44. The molecule has 0 atom stereocenters. The third kappa shape index (κ3) is 3.83. The van der Waals surface area contributed by atoms with Crippen molar-refractivity contribution in [1.29, 1.82) is 0 Å². The summed E-state index contributed by atoms with van der Waals surface area (Å²) in [5.74, 6) is -2.03. The van der Waals surface area contributed by atoms with E-state index in [-0.39, 0.29) is 11.1 Å². The van der Waals surface area contributed by atoms with Gasteiger partial charge in [0.15, 0.2) is 0 Å². The van der Waals surface area contributed by atoms with E-state index in [9.17, 15) is 18.4 Å². The van der Waals surface area contributed by atoms with E-state index < -0.39 is 17.5 Å². The molecule has 5 nitrogen and oxygen atoms in total. The lowest BCUT2D eigenvalue weighted by molar-refractivity contribution is 0.102. The third-order valence-corrected chi connectivity index (χ3v) is 3.73. The molecule has 3 aromatic rings. The second-order valence-electron chi connectivity index (χ2n) is 5.60. The van der Waals surface area contributed by atoms with Gasteiger partial charge in [-0.05, 0) is 30.7 Å². The number of halogens is 2. The van der Waals surface area contributed by atoms with Crippen LogP contribution in [0.2, 0.25) is 0 Å². The van der Waals surface area contributed by atoms with E-state index in [1.807, 2.05) is 6.92 Å². The number of anilines is 1. The summed E-state index contributed by atoms with van der Waals surface area (Å²) in [6.07, 6.45) is 0.608. The highest BCUT2D eigenvalue weighted by Gasteiger charge is 2.13. The maximum Gasteiger partial charge on any atom is 0.258 e. The van der Waals surface area contributed by atoms with Crippen LogP contribution in [-0.2, 0) is 6.42 Å². The zero-order valence-corrected chi connectivity index (χ0v) is 13.8. The molecule has 7 heteroatoms. The minimum Gasteiger partial charge on any atom is -0.322 e. The van der Waals surface area contributed by atoms with Crippen molar-refractivity contribution in [3.63, 3.8) is 0 Å². The largest absolute Gasteiger partial charge is 0.322 e. The van der Waals surface area contributed by atoms with Crippen molar-refractivity contribution in [1.82, 2.24) is 9.97 Å². The van der Waals surface area contributed by atoms with Crippen molar-refractivity contribution in [2.24, 2.45) is 0 Å². The molecular formula is C19H15F2N3O2. The number of aromatic amines is 1. The Morgan fingerprint density at radius 3 is 2.69 bits per heavy atom. The molecule has 2 N–H and O–H groups in total. The van der Waals surface area contributed by atoms with Crippen LogP contribution in [0.5, 0.6) is 0 Å². The average molecular weight is 355 g/mol. The van der Waals surface area contributed by atoms with Gasteiger partial charge in [0.05, 0.1) is 5.56 Å². The van der Waals surface area contributed by atoms with Gasteiger partial charge in [0.2, 0.25) is 0 Å². The minimum absolute atomic E-state index is 0.267. The zero-order chi connectivity index (χ0) is 18.7. The minimum atomic E-state index is -0.944. The smallest absolute Gasteiger partial charge is 0.258 e. The van der Waals surface area contributed by atoms with E-state index >= 15 is 0 Å². The van der Waals surface area contributed by atoms with Crippen LogP contribution in [0.15, 0.2) is 53.3 Å². The molecule has 0 spiro atoms. The Morgan fingerprint density at radius 2 is 1.96 bits per heavy atom. The Hall–Kier alpha value is -3.35. The Balaban J connectivity index is 1.89. The number of carbonyl (C=O) groups excluding carboxylic acids is 1. The Labute approximate surface area is 147 Å². The highest BCUT2D eigenvalue weighted by Crippen LogP contribution is 2.20. The molecule has 132 valence electrons. The van der Waals surface area contributed by atoms with E-state index in [2.05, 4.69) is 15.3 Å². The first-order chi connectivity index (χ1) is 12.5. The Bertz CT molecular complexity index is 1030. The summed E-state index contributed by atoms with van der Waals surface area (Å²) in [6.45, 7) is 1.89. The second kappa shape index (κ2) is 7.26. The van der Waals surface area contributed by atoms with Gasteiger partial charge in [-0.1, -0.05) is 19.1 Å². The van der Waals surface area contributed by atoms with Crippen molar-refractivity contribution in [3.05, 3.63) is 81.8 Å². The normalized spacial score (nSPS) is 10.6. The van der Waals surface area contributed by atoms with Crippen molar-refractivity contribution >= 4 is 11.6 Å². The predicted octanol–water partition coefficient (Wildman–Crippen LogP) is 3.53. The average Bonchev–Trinajstić information content (AvgIpc) is 2.61. The number of nitrogens with zero attached hydrogens (tertiary/aromatic N) is 1. The molecule has 0 bridgehead atoms. The Morgan fingerprint density at radius 1 is 1.15 bits per heavy atom. The fourth-order valence-corrected chi connectivity index (χ4v) is 2.44. The maximum absolute atomic E-state index is 13.7. The van der Waals surface area contributed by atoms with Crippen LogP contribution in [0.1, 0.15) is 23.0 Å². The molecule has 0 saturated carbocycles. The molecule has 0 fully saturated rings. The van der Waals surface area contributed by atoms with Crippen molar-refractivity contribution in [3.8, 4) is 11.4 Å². The lowest BCUT2D eigenvalue weighted by Crippen LogP contribution is -2.14. The van der Waals surface area contributed by atoms with Crippen LogP contribution in [0.4, 0.5) is 14.5 Å². The van der Waals surface area contributed by atoms with Gasteiger partial charge in [0, 0.05) is 29.1 Å². The van der Waals surface area contributed by atoms with E-state index in [1.54, 1.807) is 24.3 Å². The monoisotopic (exact) mass is 355 g/mol. The molecule has 3 rings (SSSR count). The standard InChI is InChI=1S/C19H15F2N3O2/c1-2-13-10-17(25)24-18(22-13)11-4-3-5-14(8-11)23-19(26)15-7-6-12(20)9-16(15)21/h3-10H,2H2,1H3,(H,23,26)(H,22,24,25). The lowest BCUT2D eigenvalue weighted by Gasteiger charge is -2.08. The lowest BCUT2D eigenvalue weighted by atomic mass is 10.1. The number of carbonyl (C=O) groups is 1. The van der Waals surface area contributed by atoms with Gasteiger partial charge in [-0.25, -0.2) is 13.8 Å². The first kappa shape index (κ1) is 17.5. The van der Waals surface area contributed by atoms with Crippen LogP contribution in [-0.4, -0.2) is 15.9 Å². The molecule has 1 aromatic heterocycles. The van der Waals surface area contributed by atoms with Crippen LogP contribution in [0.25, 0.3) is 11.4 Å². The van der Waals surface area contributed by atoms with Gasteiger partial charge in [-0.15, -0.1) is 0 Å². The van der Waals surface area contributed by atoms with Crippen molar-refractivity contribution in [2.45, 2.75) is 13.3 Å². The molecule has 2 aromatic carbocycles. The summed E-state index contributed by atoms with van der Waals surface area (Å²) in [5, 5.41) is 2.55. The first-order valence-electron chi connectivity index (χ1n) is 7.93. The van der Waals surface area contributed by atoms with Gasteiger partial charge >= 0.3 is 0 Å². The molecule has 0 aliphatic rings. The maximum atomic E-state index is 13.7. The summed E-state index contributed by atoms with van der Waals surface area (Å²) >= 11 is 0. The number of H-pyrrole nitrogens is 1. The summed E-state index contributed by atoms with van der Waals surface area (Å²) in [7, 11) is 0. The van der Waals surface area contributed by atoms with E-state index in [0.29, 0.717) is 35.3 Å². The molecular weight excluding hydrogens is 340 g/mol. The molecule has 0 saturated heterocycles. The third-order valence-electron chi connectivity index (χ3n) is 3.73. The van der Waals surface area contributed by atoms with Gasteiger partial charge in [0.1, 0.15) is 17.5 Å². The molecule has 0 unspecified atom stereocenters. The number of aromatic nitrogens is 2. The summed E-state index contributed by atoms with van der Waals surface area (Å²) in [6, 6.07) is 10.8. The number of nitrogens with one attached hydrogen (secondary N) is 2. The summed E-state index contributed by atoms with van der Waals surface area (Å²) in [5.41, 5.74) is 1.09. The van der Waals surface area contributed by atoms with Gasteiger partial charge in [-0.2, -0.15) is 0 Å². The molecule has 26 heavy (non-hydrogen) atoms. The fraction of sp³-hybridized carbons (Fsp3) is 0.105. The molecule has 0 radical (unpaired) electrons. The van der Waals surface area contributed by atoms with Crippen LogP contribution in [0, 0.1) is 11.6 Å². The van der Waals surface area contributed by atoms with Crippen molar-refractivity contribution in [2.75, 3.05) is 5.32 Å².